The molecule has 0 aliphatic heterocycles. The summed E-state index contributed by atoms with van der Waals surface area (Å²) in [7, 11) is -3.50. The fourth-order valence-corrected chi connectivity index (χ4v) is 4.35. The molecule has 0 fully saturated rings. The van der Waals surface area contributed by atoms with Crippen molar-refractivity contribution in [3.05, 3.63) is 69.2 Å². The molecule has 0 aromatic heterocycles. The van der Waals surface area contributed by atoms with Gasteiger partial charge in [-0.15, -0.1) is 0 Å². The fraction of sp³-hybridized carbons (Fsp3) is 0.350. The molecule has 0 bridgehead atoms. The molecule has 0 atom stereocenters. The maximum atomic E-state index is 12.2. The topological polar surface area (TPSA) is 66.5 Å². The average Bonchev–Trinajstić information content (AvgIpc) is 2.64. The number of nitrogens with zero attached hydrogens (tertiary/aromatic N) is 1. The Morgan fingerprint density at radius 1 is 1.07 bits per heavy atom. The van der Waals surface area contributed by atoms with Crippen LogP contribution >= 0.6 is 35.0 Å². The van der Waals surface area contributed by atoms with Gasteiger partial charge in [-0.3, -0.25) is 4.79 Å². The van der Waals surface area contributed by atoms with E-state index in [-0.39, 0.29) is 19.0 Å². The summed E-state index contributed by atoms with van der Waals surface area (Å²) in [5.41, 5.74) is 2.99. The van der Waals surface area contributed by atoms with Crippen LogP contribution in [-0.2, 0) is 27.1 Å². The second kappa shape index (κ2) is 11.2. The number of rotatable bonds is 10. The Labute approximate surface area is 186 Å². The zero-order chi connectivity index (χ0) is 21.4. The summed E-state index contributed by atoms with van der Waals surface area (Å²) in [4.78, 5) is 12.2. The lowest BCUT2D eigenvalue weighted by Crippen LogP contribution is -2.40. The first-order chi connectivity index (χ1) is 13.6. The summed E-state index contributed by atoms with van der Waals surface area (Å²) in [6.45, 7) is 2.38. The Hall–Kier alpha value is -1.25. The number of hydrogen-bond acceptors (Lipinski definition) is 4. The van der Waals surface area contributed by atoms with Crippen molar-refractivity contribution in [1.29, 1.82) is 0 Å². The molecule has 0 radical (unpaired) electrons. The van der Waals surface area contributed by atoms with Crippen molar-refractivity contribution < 1.29 is 13.2 Å². The summed E-state index contributed by atoms with van der Waals surface area (Å²) in [6.07, 6.45) is 1.11. The first-order valence-corrected chi connectivity index (χ1v) is 12.7. The number of aryl methyl sites for hydroxylation is 1. The molecule has 0 unspecified atom stereocenters. The molecule has 29 heavy (non-hydrogen) atoms. The Morgan fingerprint density at radius 3 is 2.34 bits per heavy atom. The fourth-order valence-electron chi connectivity index (χ4n) is 2.49. The standard InChI is InChI=1S/C20H24Cl2N2O3S2/c1-15-3-5-16(6-4-15)12-24(29(2,26)27)13-20(25)23-9-10-28-14-17-7-8-18(21)19(22)11-17/h3-8,11H,9-10,12-14H2,1-2H3,(H,23,25). The second-order valence-electron chi connectivity index (χ2n) is 6.67. The third kappa shape index (κ3) is 8.56. The van der Waals surface area contributed by atoms with Gasteiger partial charge in [0.1, 0.15) is 0 Å². The molecule has 9 heteroatoms. The van der Waals surface area contributed by atoms with E-state index in [2.05, 4.69) is 5.32 Å². The van der Waals surface area contributed by atoms with E-state index < -0.39 is 10.0 Å². The number of amides is 1. The van der Waals surface area contributed by atoms with E-state index in [1.807, 2.05) is 43.3 Å². The molecule has 2 aromatic rings. The van der Waals surface area contributed by atoms with Gasteiger partial charge in [-0.1, -0.05) is 59.1 Å². The van der Waals surface area contributed by atoms with E-state index in [9.17, 15) is 13.2 Å². The SMILES string of the molecule is Cc1ccc(CN(CC(=O)NCCSCc2ccc(Cl)c(Cl)c2)S(C)(=O)=O)cc1. The first kappa shape index (κ1) is 24.0. The maximum Gasteiger partial charge on any atom is 0.235 e. The smallest absolute Gasteiger partial charge is 0.235 e. The highest BCUT2D eigenvalue weighted by Gasteiger charge is 2.20. The number of hydrogen-bond donors (Lipinski definition) is 1. The lowest BCUT2D eigenvalue weighted by molar-refractivity contribution is -0.121. The van der Waals surface area contributed by atoms with Crippen molar-refractivity contribution in [2.24, 2.45) is 0 Å². The molecular weight excluding hydrogens is 451 g/mol. The van der Waals surface area contributed by atoms with Gasteiger partial charge in [-0.2, -0.15) is 16.1 Å². The third-order valence-electron chi connectivity index (χ3n) is 4.09. The molecule has 5 nitrogen and oxygen atoms in total. The van der Waals surface area contributed by atoms with Gasteiger partial charge in [-0.25, -0.2) is 8.42 Å². The summed E-state index contributed by atoms with van der Waals surface area (Å²) < 4.78 is 25.3. The number of nitrogens with one attached hydrogen (secondary N) is 1. The summed E-state index contributed by atoms with van der Waals surface area (Å²) in [5.74, 6) is 1.12. The molecule has 1 N–H and O–H groups in total. The number of benzene rings is 2. The maximum absolute atomic E-state index is 12.2. The Bertz CT molecular complexity index is 935. The zero-order valence-electron chi connectivity index (χ0n) is 16.3. The summed E-state index contributed by atoms with van der Waals surface area (Å²) >= 11 is 13.5. The number of sulfonamides is 1. The normalized spacial score (nSPS) is 11.6. The van der Waals surface area contributed by atoms with Crippen LogP contribution in [0.15, 0.2) is 42.5 Å². The minimum atomic E-state index is -3.50. The minimum absolute atomic E-state index is 0.165. The molecule has 2 aromatic carbocycles. The van der Waals surface area contributed by atoms with E-state index in [0.717, 1.165) is 28.7 Å². The Balaban J connectivity index is 1.77. The highest BCUT2D eigenvalue weighted by molar-refractivity contribution is 7.98. The lowest BCUT2D eigenvalue weighted by Gasteiger charge is -2.19. The van der Waals surface area contributed by atoms with Gasteiger partial charge < -0.3 is 5.32 Å². The van der Waals surface area contributed by atoms with E-state index in [0.29, 0.717) is 22.3 Å². The molecule has 0 saturated heterocycles. The van der Waals surface area contributed by atoms with E-state index in [4.69, 9.17) is 23.2 Å². The zero-order valence-corrected chi connectivity index (χ0v) is 19.5. The Kier molecular flexibility index (Phi) is 9.30. The van der Waals surface area contributed by atoms with Crippen molar-refractivity contribution in [2.45, 2.75) is 19.2 Å². The van der Waals surface area contributed by atoms with Crippen LogP contribution in [0.25, 0.3) is 0 Å². The summed E-state index contributed by atoms with van der Waals surface area (Å²) in [5, 5.41) is 3.82. The summed E-state index contributed by atoms with van der Waals surface area (Å²) in [6, 6.07) is 13.1. The van der Waals surface area contributed by atoms with Gasteiger partial charge in [0.25, 0.3) is 0 Å². The van der Waals surface area contributed by atoms with Crippen molar-refractivity contribution >= 4 is 50.9 Å². The second-order valence-corrected chi connectivity index (χ2v) is 10.6. The van der Waals surface area contributed by atoms with Gasteiger partial charge in [0, 0.05) is 24.6 Å². The van der Waals surface area contributed by atoms with Crippen LogP contribution in [0.4, 0.5) is 0 Å². The van der Waals surface area contributed by atoms with Crippen molar-refractivity contribution in [3.8, 4) is 0 Å². The molecule has 158 valence electrons. The monoisotopic (exact) mass is 474 g/mol. The van der Waals surface area contributed by atoms with Crippen LogP contribution in [0.1, 0.15) is 16.7 Å². The highest BCUT2D eigenvalue weighted by Crippen LogP contribution is 2.24. The van der Waals surface area contributed by atoms with E-state index in [1.165, 1.54) is 4.31 Å². The largest absolute Gasteiger partial charge is 0.354 e. The van der Waals surface area contributed by atoms with Gasteiger partial charge in [0.05, 0.1) is 22.8 Å². The van der Waals surface area contributed by atoms with Gasteiger partial charge in [0.15, 0.2) is 0 Å². The van der Waals surface area contributed by atoms with Crippen molar-refractivity contribution in [3.63, 3.8) is 0 Å². The number of carbonyl (C=O) groups excluding carboxylic acids is 1. The van der Waals surface area contributed by atoms with E-state index in [1.54, 1.807) is 17.8 Å². The number of carbonyl (C=O) groups is 1. The molecule has 1 amide bonds. The molecule has 0 aliphatic carbocycles. The predicted octanol–water partition coefficient (Wildman–Crippen LogP) is 4.11. The number of thioether (sulfide) groups is 1. The lowest BCUT2D eigenvalue weighted by atomic mass is 10.1. The van der Waals surface area contributed by atoms with Crippen LogP contribution in [0.3, 0.4) is 0 Å². The predicted molar refractivity (Wildman–Crippen MR) is 122 cm³/mol. The number of halogens is 2. The first-order valence-electron chi connectivity index (χ1n) is 8.94. The molecule has 0 spiro atoms. The van der Waals surface area contributed by atoms with E-state index >= 15 is 0 Å². The van der Waals surface area contributed by atoms with Crippen molar-refractivity contribution in [2.75, 3.05) is 25.1 Å². The average molecular weight is 475 g/mol. The highest BCUT2D eigenvalue weighted by atomic mass is 35.5. The van der Waals surface area contributed by atoms with Crippen LogP contribution in [0.2, 0.25) is 10.0 Å². The van der Waals surface area contributed by atoms with Gasteiger partial charge in [-0.05, 0) is 30.2 Å². The van der Waals surface area contributed by atoms with Gasteiger partial charge in [0.2, 0.25) is 15.9 Å². The molecule has 0 heterocycles. The molecule has 0 saturated carbocycles. The Morgan fingerprint density at radius 2 is 1.72 bits per heavy atom. The minimum Gasteiger partial charge on any atom is -0.354 e. The quantitative estimate of drug-likeness (QED) is 0.526. The molecule has 2 rings (SSSR count). The van der Waals surface area contributed by atoms with Gasteiger partial charge >= 0.3 is 0 Å². The molecular formula is C20H24Cl2N2O3S2. The van der Waals surface area contributed by atoms with Crippen molar-refractivity contribution in [1.82, 2.24) is 9.62 Å². The third-order valence-corrected chi connectivity index (χ3v) is 7.06. The molecule has 0 aliphatic rings. The van der Waals surface area contributed by atoms with Crippen LogP contribution < -0.4 is 5.32 Å². The van der Waals surface area contributed by atoms with Crippen LogP contribution in [-0.4, -0.2) is 43.7 Å². The van der Waals surface area contributed by atoms with Crippen LogP contribution in [0.5, 0.6) is 0 Å². The van der Waals surface area contributed by atoms with Crippen LogP contribution in [0, 0.1) is 6.92 Å².